The first kappa shape index (κ1) is 17.9. The molecule has 0 saturated heterocycles. The lowest BCUT2D eigenvalue weighted by atomic mass is 10.1. The number of hydrogen-bond acceptors (Lipinski definition) is 3. The van der Waals surface area contributed by atoms with Gasteiger partial charge in [0.2, 0.25) is 0 Å². The second kappa shape index (κ2) is 7.61. The molecule has 140 valence electrons. The molecule has 0 aliphatic rings. The molecule has 0 aliphatic carbocycles. The van der Waals surface area contributed by atoms with Crippen LogP contribution in [0.15, 0.2) is 77.2 Å². The molecule has 0 radical (unpaired) electrons. The molecular weight excluding hydrogens is 350 g/mol. The van der Waals surface area contributed by atoms with Crippen LogP contribution in [0.3, 0.4) is 0 Å². The van der Waals surface area contributed by atoms with Crippen molar-refractivity contribution in [3.05, 3.63) is 95.2 Å². The molecule has 4 rings (SSSR count). The summed E-state index contributed by atoms with van der Waals surface area (Å²) >= 11 is 0. The molecule has 3 aromatic carbocycles. The molecule has 0 unspecified atom stereocenters. The van der Waals surface area contributed by atoms with Crippen LogP contribution in [0.2, 0.25) is 0 Å². The Morgan fingerprint density at radius 3 is 2.50 bits per heavy atom. The number of fused-ring (bicyclic) bond motifs is 1. The van der Waals surface area contributed by atoms with Gasteiger partial charge in [-0.25, -0.2) is 0 Å². The monoisotopic (exact) mass is 371 g/mol. The minimum absolute atomic E-state index is 0.189. The topological polar surface area (TPSA) is 51.5 Å². The maximum Gasteiger partial charge on any atom is 0.259 e. The van der Waals surface area contributed by atoms with Crippen LogP contribution in [0.1, 0.15) is 27.2 Å². The molecule has 0 fully saturated rings. The fourth-order valence-corrected chi connectivity index (χ4v) is 3.21. The van der Waals surface area contributed by atoms with Crippen molar-refractivity contribution in [2.75, 3.05) is 5.32 Å². The lowest BCUT2D eigenvalue weighted by Crippen LogP contribution is -2.13. The van der Waals surface area contributed by atoms with E-state index in [1.54, 1.807) is 6.92 Å². The Bertz CT molecular complexity index is 1130. The van der Waals surface area contributed by atoms with Crippen LogP contribution in [0.25, 0.3) is 11.0 Å². The van der Waals surface area contributed by atoms with Crippen molar-refractivity contribution in [1.29, 1.82) is 0 Å². The molecule has 0 aliphatic heterocycles. The summed E-state index contributed by atoms with van der Waals surface area (Å²) in [6.45, 7) is 4.23. The Morgan fingerprint density at radius 2 is 1.71 bits per heavy atom. The number of hydrogen-bond donors (Lipinski definition) is 1. The number of ether oxygens (including phenoxy) is 1. The first-order valence-corrected chi connectivity index (χ1v) is 9.18. The summed E-state index contributed by atoms with van der Waals surface area (Å²) < 4.78 is 11.7. The maximum atomic E-state index is 12.9. The molecule has 28 heavy (non-hydrogen) atoms. The number of amides is 1. The van der Waals surface area contributed by atoms with Crippen molar-refractivity contribution in [3.63, 3.8) is 0 Å². The van der Waals surface area contributed by atoms with E-state index >= 15 is 0 Å². The largest absolute Gasteiger partial charge is 0.489 e. The Balaban J connectivity index is 1.61. The standard InChI is InChI=1S/C24H21NO3/c1-16-8-6-7-11-21(16)25-24(26)23-17(2)28-22-13-12-19(14-20(22)23)27-15-18-9-4-3-5-10-18/h3-14H,15H2,1-2H3,(H,25,26). The first-order valence-electron chi connectivity index (χ1n) is 9.18. The molecule has 4 nitrogen and oxygen atoms in total. The Labute approximate surface area is 163 Å². The van der Waals surface area contributed by atoms with Crippen LogP contribution in [-0.4, -0.2) is 5.91 Å². The van der Waals surface area contributed by atoms with Crippen LogP contribution >= 0.6 is 0 Å². The van der Waals surface area contributed by atoms with Gasteiger partial charge < -0.3 is 14.5 Å². The van der Waals surface area contributed by atoms with E-state index in [-0.39, 0.29) is 5.91 Å². The molecule has 4 aromatic rings. The van der Waals surface area contributed by atoms with Crippen LogP contribution in [0, 0.1) is 13.8 Å². The van der Waals surface area contributed by atoms with Crippen LogP contribution in [0.5, 0.6) is 5.75 Å². The van der Waals surface area contributed by atoms with Gasteiger partial charge in [-0.05, 0) is 49.2 Å². The molecule has 0 atom stereocenters. The Morgan fingerprint density at radius 1 is 0.964 bits per heavy atom. The van der Waals surface area contributed by atoms with E-state index in [4.69, 9.17) is 9.15 Å². The van der Waals surface area contributed by atoms with Crippen molar-refractivity contribution in [2.24, 2.45) is 0 Å². The second-order valence-electron chi connectivity index (χ2n) is 6.73. The van der Waals surface area contributed by atoms with E-state index < -0.39 is 0 Å². The van der Waals surface area contributed by atoms with E-state index in [0.717, 1.165) is 22.2 Å². The Hall–Kier alpha value is -3.53. The highest BCUT2D eigenvalue weighted by Crippen LogP contribution is 2.30. The number of carbonyl (C=O) groups excluding carboxylic acids is 1. The number of carbonyl (C=O) groups is 1. The quantitative estimate of drug-likeness (QED) is 0.476. The molecule has 0 saturated carbocycles. The highest BCUT2D eigenvalue weighted by molar-refractivity contribution is 6.13. The highest BCUT2D eigenvalue weighted by Gasteiger charge is 2.19. The van der Waals surface area contributed by atoms with Crippen molar-refractivity contribution < 1.29 is 13.9 Å². The fourth-order valence-electron chi connectivity index (χ4n) is 3.21. The molecule has 1 N–H and O–H groups in total. The number of nitrogens with one attached hydrogen (secondary N) is 1. The average molecular weight is 371 g/mol. The van der Waals surface area contributed by atoms with Crippen molar-refractivity contribution >= 4 is 22.6 Å². The molecule has 1 aromatic heterocycles. The van der Waals surface area contributed by atoms with E-state index in [0.29, 0.717) is 29.3 Å². The zero-order valence-electron chi connectivity index (χ0n) is 15.9. The first-order chi connectivity index (χ1) is 13.6. The lowest BCUT2D eigenvalue weighted by molar-refractivity contribution is 0.102. The molecule has 1 amide bonds. The number of furan rings is 1. The predicted octanol–water partition coefficient (Wildman–Crippen LogP) is 5.88. The van der Waals surface area contributed by atoms with E-state index in [2.05, 4.69) is 5.32 Å². The number of para-hydroxylation sites is 1. The zero-order chi connectivity index (χ0) is 19.5. The fraction of sp³-hybridized carbons (Fsp3) is 0.125. The number of anilines is 1. The summed E-state index contributed by atoms with van der Waals surface area (Å²) in [6, 6.07) is 23.2. The van der Waals surface area contributed by atoms with Gasteiger partial charge in [0.05, 0.1) is 5.56 Å². The minimum Gasteiger partial charge on any atom is -0.489 e. The summed E-state index contributed by atoms with van der Waals surface area (Å²) in [5.41, 5.74) is 4.08. The van der Waals surface area contributed by atoms with Gasteiger partial charge in [-0.15, -0.1) is 0 Å². The summed E-state index contributed by atoms with van der Waals surface area (Å²) in [6.07, 6.45) is 0. The normalized spacial score (nSPS) is 10.8. The molecule has 4 heteroatoms. The average Bonchev–Trinajstić information content (AvgIpc) is 3.04. The SMILES string of the molecule is Cc1ccccc1NC(=O)c1c(C)oc2ccc(OCc3ccccc3)cc12. The van der Waals surface area contributed by atoms with Crippen molar-refractivity contribution in [1.82, 2.24) is 0 Å². The summed E-state index contributed by atoms with van der Waals surface area (Å²) in [7, 11) is 0. The maximum absolute atomic E-state index is 12.9. The van der Waals surface area contributed by atoms with Crippen LogP contribution in [-0.2, 0) is 6.61 Å². The lowest BCUT2D eigenvalue weighted by Gasteiger charge is -2.08. The van der Waals surface area contributed by atoms with Gasteiger partial charge in [0, 0.05) is 11.1 Å². The minimum atomic E-state index is -0.189. The second-order valence-corrected chi connectivity index (χ2v) is 6.73. The molecular formula is C24H21NO3. The van der Waals surface area contributed by atoms with Gasteiger partial charge in [-0.3, -0.25) is 4.79 Å². The number of benzene rings is 3. The van der Waals surface area contributed by atoms with Crippen LogP contribution in [0.4, 0.5) is 5.69 Å². The molecule has 1 heterocycles. The third kappa shape index (κ3) is 3.62. The van der Waals surface area contributed by atoms with Gasteiger partial charge in [-0.1, -0.05) is 48.5 Å². The van der Waals surface area contributed by atoms with Gasteiger partial charge in [0.25, 0.3) is 5.91 Å². The van der Waals surface area contributed by atoms with Crippen molar-refractivity contribution in [2.45, 2.75) is 20.5 Å². The van der Waals surface area contributed by atoms with E-state index in [1.165, 1.54) is 0 Å². The Kier molecular flexibility index (Phi) is 4.85. The van der Waals surface area contributed by atoms with E-state index in [9.17, 15) is 4.79 Å². The molecule has 0 bridgehead atoms. The highest BCUT2D eigenvalue weighted by atomic mass is 16.5. The van der Waals surface area contributed by atoms with Crippen molar-refractivity contribution in [3.8, 4) is 5.75 Å². The number of rotatable bonds is 5. The summed E-state index contributed by atoms with van der Waals surface area (Å²) in [5.74, 6) is 1.09. The number of aryl methyl sites for hydroxylation is 2. The van der Waals surface area contributed by atoms with Gasteiger partial charge in [0.15, 0.2) is 0 Å². The zero-order valence-corrected chi connectivity index (χ0v) is 15.9. The van der Waals surface area contributed by atoms with Crippen LogP contribution < -0.4 is 10.1 Å². The smallest absolute Gasteiger partial charge is 0.259 e. The van der Waals surface area contributed by atoms with Gasteiger partial charge >= 0.3 is 0 Å². The third-order valence-electron chi connectivity index (χ3n) is 4.70. The summed E-state index contributed by atoms with van der Waals surface area (Å²) in [4.78, 5) is 12.9. The summed E-state index contributed by atoms with van der Waals surface area (Å²) in [5, 5.41) is 3.73. The van der Waals surface area contributed by atoms with Gasteiger partial charge in [0.1, 0.15) is 23.7 Å². The third-order valence-corrected chi connectivity index (χ3v) is 4.70. The van der Waals surface area contributed by atoms with E-state index in [1.807, 2.05) is 79.7 Å². The molecule has 0 spiro atoms. The predicted molar refractivity (Wildman–Crippen MR) is 111 cm³/mol. The van der Waals surface area contributed by atoms with Gasteiger partial charge in [-0.2, -0.15) is 0 Å².